The normalized spacial score (nSPS) is 10.4. The van der Waals surface area contributed by atoms with Gasteiger partial charge in [-0.3, -0.25) is 14.9 Å². The van der Waals surface area contributed by atoms with Gasteiger partial charge in [0.1, 0.15) is 0 Å². The number of esters is 1. The number of non-ortho nitro benzene ring substituents is 1. The predicted octanol–water partition coefficient (Wildman–Crippen LogP) is 4.07. The van der Waals surface area contributed by atoms with Gasteiger partial charge in [-0.25, -0.2) is 9.78 Å². The Bertz CT molecular complexity index is 994. The van der Waals surface area contributed by atoms with E-state index in [1.165, 1.54) is 24.3 Å². The molecule has 0 bridgehead atoms. The quantitative estimate of drug-likeness (QED) is 0.276. The summed E-state index contributed by atoms with van der Waals surface area (Å²) in [5.41, 5.74) is 2.17. The number of rotatable bonds is 6. The summed E-state index contributed by atoms with van der Waals surface area (Å²) in [6.45, 7) is 1.48. The lowest BCUT2D eigenvalue weighted by Crippen LogP contribution is -2.14. The standard InChI is InChI=1S/C19H14N2O5S/c1-12-20-17(11-27-12)13-2-4-15(5-3-13)19(23)26-10-18(22)14-6-8-16(9-7-14)21(24)25/h2-9,11H,10H2,1H3. The number of nitro benzene ring substituents is 1. The zero-order valence-corrected chi connectivity index (χ0v) is 15.1. The van der Waals surface area contributed by atoms with E-state index in [2.05, 4.69) is 4.98 Å². The van der Waals surface area contributed by atoms with E-state index < -0.39 is 23.3 Å². The molecule has 0 spiro atoms. The van der Waals surface area contributed by atoms with E-state index >= 15 is 0 Å². The second-order valence-electron chi connectivity index (χ2n) is 5.63. The Labute approximate surface area is 158 Å². The van der Waals surface area contributed by atoms with Crippen LogP contribution in [0.25, 0.3) is 11.3 Å². The number of Topliss-reactive ketones (excluding diaryl/α,β-unsaturated/α-hetero) is 1. The Morgan fingerprint density at radius 2 is 1.70 bits per heavy atom. The molecule has 0 saturated carbocycles. The number of aryl methyl sites for hydroxylation is 1. The van der Waals surface area contributed by atoms with Crippen molar-refractivity contribution in [3.63, 3.8) is 0 Å². The van der Waals surface area contributed by atoms with Gasteiger partial charge in [0, 0.05) is 28.6 Å². The number of nitrogens with zero attached hydrogens (tertiary/aromatic N) is 2. The molecule has 0 amide bonds. The average molecular weight is 382 g/mol. The first-order chi connectivity index (χ1) is 12.9. The summed E-state index contributed by atoms with van der Waals surface area (Å²) in [5, 5.41) is 13.5. The SMILES string of the molecule is Cc1nc(-c2ccc(C(=O)OCC(=O)c3ccc([N+](=O)[O-])cc3)cc2)cs1. The number of hydrogen-bond acceptors (Lipinski definition) is 7. The maximum Gasteiger partial charge on any atom is 0.338 e. The van der Waals surface area contributed by atoms with Crippen LogP contribution in [0.15, 0.2) is 53.9 Å². The highest BCUT2D eigenvalue weighted by Gasteiger charge is 2.14. The van der Waals surface area contributed by atoms with Crippen LogP contribution in [-0.2, 0) is 4.74 Å². The summed E-state index contributed by atoms with van der Waals surface area (Å²) in [7, 11) is 0. The van der Waals surface area contributed by atoms with Crippen molar-refractivity contribution in [1.82, 2.24) is 4.98 Å². The maximum atomic E-state index is 12.1. The molecule has 0 aliphatic rings. The van der Waals surface area contributed by atoms with Gasteiger partial charge in [0.2, 0.25) is 0 Å². The molecule has 136 valence electrons. The molecule has 1 aromatic heterocycles. The summed E-state index contributed by atoms with van der Waals surface area (Å²) in [5.74, 6) is -1.06. The van der Waals surface area contributed by atoms with Gasteiger partial charge in [0.15, 0.2) is 12.4 Å². The van der Waals surface area contributed by atoms with Crippen molar-refractivity contribution in [2.75, 3.05) is 6.61 Å². The number of thiazole rings is 1. The van der Waals surface area contributed by atoms with E-state index in [1.807, 2.05) is 12.3 Å². The molecule has 0 unspecified atom stereocenters. The van der Waals surface area contributed by atoms with Crippen LogP contribution in [0.1, 0.15) is 25.7 Å². The molecule has 7 nitrogen and oxygen atoms in total. The molecule has 2 aromatic carbocycles. The Morgan fingerprint density at radius 3 is 2.26 bits per heavy atom. The van der Waals surface area contributed by atoms with Gasteiger partial charge in [-0.15, -0.1) is 11.3 Å². The lowest BCUT2D eigenvalue weighted by Gasteiger charge is -2.05. The van der Waals surface area contributed by atoms with Crippen molar-refractivity contribution in [2.24, 2.45) is 0 Å². The molecule has 3 rings (SSSR count). The summed E-state index contributed by atoms with van der Waals surface area (Å²) in [6.07, 6.45) is 0. The summed E-state index contributed by atoms with van der Waals surface area (Å²) >= 11 is 1.54. The first-order valence-electron chi connectivity index (χ1n) is 7.91. The second-order valence-corrected chi connectivity index (χ2v) is 6.69. The first-order valence-corrected chi connectivity index (χ1v) is 8.79. The van der Waals surface area contributed by atoms with Crippen LogP contribution in [0.2, 0.25) is 0 Å². The number of aromatic nitrogens is 1. The largest absolute Gasteiger partial charge is 0.454 e. The Balaban J connectivity index is 1.60. The lowest BCUT2D eigenvalue weighted by molar-refractivity contribution is -0.384. The highest BCUT2D eigenvalue weighted by molar-refractivity contribution is 7.09. The number of benzene rings is 2. The van der Waals surface area contributed by atoms with E-state index in [0.717, 1.165) is 16.3 Å². The molecule has 0 aliphatic heterocycles. The third-order valence-corrected chi connectivity index (χ3v) is 4.54. The number of hydrogen-bond donors (Lipinski definition) is 0. The Morgan fingerprint density at radius 1 is 1.07 bits per heavy atom. The molecular weight excluding hydrogens is 368 g/mol. The van der Waals surface area contributed by atoms with Gasteiger partial charge in [0.25, 0.3) is 5.69 Å². The second kappa shape index (κ2) is 7.88. The van der Waals surface area contributed by atoms with E-state index in [-0.39, 0.29) is 11.3 Å². The van der Waals surface area contributed by atoms with E-state index in [0.29, 0.717) is 5.56 Å². The van der Waals surface area contributed by atoms with Crippen LogP contribution in [0.4, 0.5) is 5.69 Å². The molecule has 8 heteroatoms. The minimum Gasteiger partial charge on any atom is -0.454 e. The van der Waals surface area contributed by atoms with Crippen molar-refractivity contribution in [2.45, 2.75) is 6.92 Å². The summed E-state index contributed by atoms with van der Waals surface area (Å²) < 4.78 is 5.04. The average Bonchev–Trinajstić information content (AvgIpc) is 3.12. The highest BCUT2D eigenvalue weighted by Crippen LogP contribution is 2.22. The number of nitro groups is 1. The van der Waals surface area contributed by atoms with Gasteiger partial charge in [-0.2, -0.15) is 0 Å². The maximum absolute atomic E-state index is 12.1. The van der Waals surface area contributed by atoms with E-state index in [1.54, 1.807) is 35.6 Å². The van der Waals surface area contributed by atoms with Crippen LogP contribution in [0.3, 0.4) is 0 Å². The minimum absolute atomic E-state index is 0.112. The summed E-state index contributed by atoms with van der Waals surface area (Å²) in [4.78, 5) is 38.6. The van der Waals surface area contributed by atoms with Gasteiger partial charge < -0.3 is 4.74 Å². The Hall–Kier alpha value is -3.39. The molecule has 0 aliphatic carbocycles. The van der Waals surface area contributed by atoms with Gasteiger partial charge in [-0.05, 0) is 31.2 Å². The number of carbonyl (C=O) groups is 2. The highest BCUT2D eigenvalue weighted by atomic mass is 32.1. The van der Waals surface area contributed by atoms with Gasteiger partial charge in [-0.1, -0.05) is 12.1 Å². The third-order valence-electron chi connectivity index (χ3n) is 3.77. The molecule has 3 aromatic rings. The fourth-order valence-electron chi connectivity index (χ4n) is 2.34. The monoisotopic (exact) mass is 382 g/mol. The van der Waals surface area contributed by atoms with Crippen LogP contribution in [0.5, 0.6) is 0 Å². The molecule has 0 N–H and O–H groups in total. The molecular formula is C19H14N2O5S. The molecule has 0 fully saturated rings. The topological polar surface area (TPSA) is 99.4 Å². The van der Waals surface area contributed by atoms with E-state index in [9.17, 15) is 19.7 Å². The zero-order chi connectivity index (χ0) is 19.4. The Kier molecular flexibility index (Phi) is 5.37. The van der Waals surface area contributed by atoms with Crippen molar-refractivity contribution < 1.29 is 19.2 Å². The molecule has 27 heavy (non-hydrogen) atoms. The van der Waals surface area contributed by atoms with Gasteiger partial charge in [0.05, 0.1) is 21.2 Å². The van der Waals surface area contributed by atoms with Crippen molar-refractivity contribution in [1.29, 1.82) is 0 Å². The van der Waals surface area contributed by atoms with Crippen LogP contribution in [-0.4, -0.2) is 28.3 Å². The summed E-state index contributed by atoms with van der Waals surface area (Å²) in [6, 6.07) is 11.9. The predicted molar refractivity (Wildman–Crippen MR) is 100.0 cm³/mol. The molecule has 0 radical (unpaired) electrons. The van der Waals surface area contributed by atoms with Gasteiger partial charge >= 0.3 is 5.97 Å². The first kappa shape index (κ1) is 18.4. The number of ketones is 1. The lowest BCUT2D eigenvalue weighted by atomic mass is 10.1. The number of ether oxygens (including phenoxy) is 1. The minimum atomic E-state index is -0.619. The van der Waals surface area contributed by atoms with Crippen molar-refractivity contribution in [3.05, 3.63) is 80.2 Å². The zero-order valence-electron chi connectivity index (χ0n) is 14.2. The molecule has 1 heterocycles. The number of carbonyl (C=O) groups excluding carboxylic acids is 2. The van der Waals surface area contributed by atoms with Crippen molar-refractivity contribution >= 4 is 28.8 Å². The smallest absolute Gasteiger partial charge is 0.338 e. The van der Waals surface area contributed by atoms with Crippen molar-refractivity contribution in [3.8, 4) is 11.3 Å². The van der Waals surface area contributed by atoms with E-state index in [4.69, 9.17) is 4.74 Å². The van der Waals surface area contributed by atoms with Crippen LogP contribution < -0.4 is 0 Å². The van der Waals surface area contributed by atoms with Crippen LogP contribution in [0, 0.1) is 17.0 Å². The fraction of sp³-hybridized carbons (Fsp3) is 0.105. The molecule has 0 atom stereocenters. The fourth-order valence-corrected chi connectivity index (χ4v) is 2.96. The van der Waals surface area contributed by atoms with Crippen LogP contribution >= 0.6 is 11.3 Å². The third kappa shape index (κ3) is 4.42. The molecule has 0 saturated heterocycles.